The van der Waals surface area contributed by atoms with Gasteiger partial charge >= 0.3 is 37.4 Å². The molecule has 0 aromatic heterocycles. The first-order valence-electron chi connectivity index (χ1n) is 8.77. The van der Waals surface area contributed by atoms with Crippen molar-refractivity contribution >= 4 is 54.3 Å². The van der Waals surface area contributed by atoms with Crippen LogP contribution in [0.15, 0.2) is 72.7 Å². The minimum atomic E-state index is -5.32. The minimum Gasteiger partial charge on any atom is -0.746 e. The third kappa shape index (κ3) is 5.83. The summed E-state index contributed by atoms with van der Waals surface area (Å²) in [7, 11) is -3.49. The van der Waals surface area contributed by atoms with Gasteiger partial charge in [-0.25, -0.2) is 8.78 Å². The third-order valence-electron chi connectivity index (χ3n) is 4.52. The Morgan fingerprint density at radius 1 is 0.969 bits per heavy atom. The van der Waals surface area contributed by atoms with Crippen LogP contribution in [0, 0.1) is 11.6 Å². The first-order chi connectivity index (χ1) is 14.2. The molecule has 155 valence electrons. The molecule has 4 rings (SSSR count). The molecule has 11 heteroatoms. The van der Waals surface area contributed by atoms with Crippen molar-refractivity contribution in [3.63, 3.8) is 0 Å². The van der Waals surface area contributed by atoms with Crippen LogP contribution in [0.3, 0.4) is 0 Å². The Bertz CT molecular complexity index is 1150. The van der Waals surface area contributed by atoms with E-state index in [2.05, 4.69) is 0 Å². The zero-order chi connectivity index (χ0) is 21.5. The van der Waals surface area contributed by atoms with Gasteiger partial charge in [0.15, 0.2) is 0 Å². The summed E-state index contributed by atoms with van der Waals surface area (Å²) in [6.07, 6.45) is 0. The van der Waals surface area contributed by atoms with Gasteiger partial charge in [-0.05, 0) is 12.1 Å². The maximum Gasteiger partial charge on any atom is 1.00 e. The number of ether oxygens (including phenoxy) is 1. The Hall–Kier alpha value is -1.19. The minimum absolute atomic E-state index is 0. The van der Waals surface area contributed by atoms with Gasteiger partial charge in [-0.2, -0.15) is 0 Å². The molecule has 6 nitrogen and oxygen atoms in total. The van der Waals surface area contributed by atoms with Gasteiger partial charge in [0.25, 0.3) is 5.95 Å². The predicted molar refractivity (Wildman–Crippen MR) is 111 cm³/mol. The molecule has 1 radical (unpaired) electrons. The largest absolute Gasteiger partial charge is 1.00 e. The number of halogens is 2. The van der Waals surface area contributed by atoms with Crippen LogP contribution in [0.1, 0.15) is 11.1 Å². The number of para-hydroxylation sites is 2. The summed E-state index contributed by atoms with van der Waals surface area (Å²) in [5, 5.41) is 0. The summed E-state index contributed by atoms with van der Waals surface area (Å²) >= 11 is 0. The number of rotatable bonds is 4. The van der Waals surface area contributed by atoms with Crippen molar-refractivity contribution in [1.82, 2.24) is 0 Å². The Morgan fingerprint density at radius 3 is 1.91 bits per heavy atom. The van der Waals surface area contributed by atoms with Crippen LogP contribution < -0.4 is 44.1 Å². The number of phosphoric acid groups is 1. The summed E-state index contributed by atoms with van der Waals surface area (Å²) in [5.41, 5.74) is 2.70. The third-order valence-corrected chi connectivity index (χ3v) is 4.92. The molecule has 1 aliphatic heterocycles. The number of benzene rings is 3. The van der Waals surface area contributed by atoms with Crippen molar-refractivity contribution in [2.45, 2.75) is 0 Å². The molecule has 0 spiro atoms. The average molecular weight is 476 g/mol. The summed E-state index contributed by atoms with van der Waals surface area (Å²) in [6, 6.07) is 16.5. The molecule has 1 aliphatic rings. The smallest absolute Gasteiger partial charge is 0.746 e. The number of phosphoric ester groups is 1. The average Bonchev–Trinajstić information content (AvgIpc) is 2.66. The molecule has 1 N–H and O–H groups in total. The zero-order valence-corrected chi connectivity index (χ0v) is 22.5. The normalized spacial score (nSPS) is 13.5. The number of anilines is 2. The molecule has 0 saturated heterocycles. The second kappa shape index (κ2) is 10.8. The van der Waals surface area contributed by atoms with Gasteiger partial charge in [-0.15, -0.1) is 0 Å². The number of fused-ring (bicyclic) bond motifs is 2. The van der Waals surface area contributed by atoms with Gasteiger partial charge in [0, 0.05) is 77.3 Å². The van der Waals surface area contributed by atoms with Gasteiger partial charge in [0.1, 0.15) is 17.4 Å². The van der Waals surface area contributed by atoms with E-state index >= 15 is 0 Å². The Kier molecular flexibility index (Phi) is 9.15. The standard InChI is InChI=1S/C21H16F2NO5P.2Na/c1-24-18-8-4-2-6-16(18)20(17-7-3-5-9-19(17)24)21(29-30(25,26)27)28-15-11-13(22)10-14(23)12-15;;/h2-12H,1H3,(H2,25,26,27);;/q;;+1/p-1. The van der Waals surface area contributed by atoms with Crippen molar-refractivity contribution < 1.29 is 62.0 Å². The second-order valence-corrected chi connectivity index (χ2v) is 7.64. The molecule has 0 bridgehead atoms. The first-order valence-corrected chi connectivity index (χ1v) is 10.3. The second-order valence-electron chi connectivity index (χ2n) is 6.52. The van der Waals surface area contributed by atoms with E-state index in [-0.39, 0.29) is 70.4 Å². The van der Waals surface area contributed by atoms with Gasteiger partial charge in [-0.1, -0.05) is 36.4 Å². The fourth-order valence-corrected chi connectivity index (χ4v) is 3.70. The quantitative estimate of drug-likeness (QED) is 0.343. The molecule has 0 saturated carbocycles. The summed E-state index contributed by atoms with van der Waals surface area (Å²) in [5.74, 6) is -2.81. The molecule has 3 aromatic carbocycles. The van der Waals surface area contributed by atoms with E-state index in [4.69, 9.17) is 9.26 Å². The van der Waals surface area contributed by atoms with Crippen molar-refractivity contribution in [3.8, 4) is 5.75 Å². The Morgan fingerprint density at radius 2 is 1.44 bits per heavy atom. The van der Waals surface area contributed by atoms with Gasteiger partial charge in [0.2, 0.25) is 0 Å². The molecule has 1 atom stereocenters. The molecular formula is C21H15F2NNa2O5P. The van der Waals surface area contributed by atoms with Crippen LogP contribution in [-0.4, -0.2) is 41.5 Å². The summed E-state index contributed by atoms with van der Waals surface area (Å²) in [4.78, 5) is 22.8. The van der Waals surface area contributed by atoms with E-state index in [1.807, 2.05) is 11.9 Å². The Labute approximate surface area is 227 Å². The molecule has 0 aliphatic carbocycles. The van der Waals surface area contributed by atoms with Gasteiger partial charge in [0.05, 0.1) is 5.57 Å². The van der Waals surface area contributed by atoms with E-state index < -0.39 is 25.4 Å². The van der Waals surface area contributed by atoms with Crippen molar-refractivity contribution in [2.75, 3.05) is 11.9 Å². The monoisotopic (exact) mass is 476 g/mol. The van der Waals surface area contributed by atoms with E-state index in [0.29, 0.717) is 28.6 Å². The molecule has 32 heavy (non-hydrogen) atoms. The fraction of sp³-hybridized carbons (Fsp3) is 0.0476. The van der Waals surface area contributed by atoms with Crippen LogP contribution in [-0.2, 0) is 9.09 Å². The molecule has 3 aromatic rings. The maximum atomic E-state index is 13.6. The zero-order valence-electron chi connectivity index (χ0n) is 17.6. The summed E-state index contributed by atoms with van der Waals surface area (Å²) < 4.78 is 49.1. The molecule has 0 fully saturated rings. The first kappa shape index (κ1) is 27.1. The number of hydrogen-bond donors (Lipinski definition) is 1. The number of hydrogen-bond acceptors (Lipinski definition) is 5. The molecule has 0 amide bonds. The van der Waals surface area contributed by atoms with Crippen LogP contribution in [0.25, 0.3) is 5.57 Å². The van der Waals surface area contributed by atoms with Crippen molar-refractivity contribution in [3.05, 3.63) is 95.4 Å². The van der Waals surface area contributed by atoms with E-state index in [0.717, 1.165) is 12.1 Å². The molecule has 1 unspecified atom stereocenters. The van der Waals surface area contributed by atoms with Gasteiger partial charge in [-0.3, -0.25) is 4.57 Å². The van der Waals surface area contributed by atoms with E-state index in [9.17, 15) is 23.1 Å². The molecule has 1 heterocycles. The molecular weight excluding hydrogens is 461 g/mol. The number of nitrogens with zero attached hydrogens (tertiary/aromatic N) is 1. The van der Waals surface area contributed by atoms with Crippen molar-refractivity contribution in [1.29, 1.82) is 0 Å². The van der Waals surface area contributed by atoms with Gasteiger partial charge < -0.3 is 23.9 Å². The SMILES string of the molecule is CN1c2ccccc2C(=C(Oc2cc(F)cc(F)c2)OP(=O)([O-])O)c2ccccc21.[Na+].[Na]. The van der Waals surface area contributed by atoms with E-state index in [1.165, 1.54) is 0 Å². The van der Waals surface area contributed by atoms with Crippen LogP contribution >= 0.6 is 7.82 Å². The fourth-order valence-electron chi connectivity index (χ4n) is 3.36. The maximum absolute atomic E-state index is 13.6. The van der Waals surface area contributed by atoms with Crippen molar-refractivity contribution in [2.24, 2.45) is 0 Å². The topological polar surface area (TPSA) is 82.1 Å². The summed E-state index contributed by atoms with van der Waals surface area (Å²) in [6.45, 7) is 0. The van der Waals surface area contributed by atoms with Crippen LogP contribution in [0.4, 0.5) is 20.2 Å². The predicted octanol–water partition coefficient (Wildman–Crippen LogP) is 0.943. The van der Waals surface area contributed by atoms with Crippen LogP contribution in [0.2, 0.25) is 0 Å². The van der Waals surface area contributed by atoms with E-state index in [1.54, 1.807) is 48.5 Å². The van der Waals surface area contributed by atoms with Crippen LogP contribution in [0.5, 0.6) is 5.75 Å². The Balaban J connectivity index is 0.00000181.